The first-order chi connectivity index (χ1) is 17.4. The molecule has 2 aromatic heterocycles. The van der Waals surface area contributed by atoms with E-state index in [4.69, 9.17) is 4.74 Å². The van der Waals surface area contributed by atoms with E-state index in [1.807, 2.05) is 50.2 Å². The number of nitrogens with zero attached hydrogens (tertiary/aromatic N) is 2. The van der Waals surface area contributed by atoms with Gasteiger partial charge in [0.25, 0.3) is 0 Å². The normalized spacial score (nSPS) is 14.4. The predicted molar refractivity (Wildman–Crippen MR) is 140 cm³/mol. The SMILES string of the molecule is CCOC(=O)c1cn(C2CC2)c2c(F)c(-c3cc(C)nc(C)c3)c3c(c2c1=O)Sc1ccccc1S3. The van der Waals surface area contributed by atoms with Gasteiger partial charge >= 0.3 is 5.97 Å². The average molecular weight is 519 g/mol. The molecule has 0 spiro atoms. The Morgan fingerprint density at radius 3 is 2.36 bits per heavy atom. The van der Waals surface area contributed by atoms with Crippen LogP contribution in [-0.4, -0.2) is 22.1 Å². The predicted octanol–water partition coefficient (Wildman–Crippen LogP) is 6.95. The third-order valence-corrected chi connectivity index (χ3v) is 9.04. The Morgan fingerprint density at radius 2 is 1.75 bits per heavy atom. The molecular weight excluding hydrogens is 495 g/mol. The number of carbonyl (C=O) groups is 1. The van der Waals surface area contributed by atoms with Crippen molar-refractivity contribution in [1.29, 1.82) is 0 Å². The molecule has 3 heterocycles. The number of aromatic nitrogens is 2. The van der Waals surface area contributed by atoms with Gasteiger partial charge in [-0.25, -0.2) is 9.18 Å². The van der Waals surface area contributed by atoms with Crippen molar-refractivity contribution in [2.75, 3.05) is 6.61 Å². The Morgan fingerprint density at radius 1 is 1.11 bits per heavy atom. The van der Waals surface area contributed by atoms with Crippen LogP contribution >= 0.6 is 23.5 Å². The van der Waals surface area contributed by atoms with Crippen LogP contribution in [0.4, 0.5) is 4.39 Å². The van der Waals surface area contributed by atoms with E-state index >= 15 is 4.39 Å². The summed E-state index contributed by atoms with van der Waals surface area (Å²) in [5.74, 6) is -1.12. The van der Waals surface area contributed by atoms with E-state index in [2.05, 4.69) is 4.98 Å². The summed E-state index contributed by atoms with van der Waals surface area (Å²) < 4.78 is 23.8. The zero-order valence-electron chi connectivity index (χ0n) is 20.1. The Hall–Kier alpha value is -3.10. The molecule has 36 heavy (non-hydrogen) atoms. The van der Waals surface area contributed by atoms with Crippen LogP contribution in [0.15, 0.2) is 67.0 Å². The standard InChI is InChI=1S/C28H23FN2O3S2/c1-4-34-28(33)18-13-31(17-9-10-17)24-22(25(18)32)27-26(35-19-7-5-6-8-20(19)36-27)21(23(24)29)16-11-14(2)30-15(3)12-16/h5-8,11-13,17H,4,9-10H2,1-3H3. The quantitative estimate of drug-likeness (QED) is 0.240. The van der Waals surface area contributed by atoms with Crippen molar-refractivity contribution < 1.29 is 13.9 Å². The van der Waals surface area contributed by atoms with Crippen molar-refractivity contribution in [3.05, 3.63) is 75.6 Å². The molecule has 182 valence electrons. The minimum absolute atomic E-state index is 0.0381. The van der Waals surface area contributed by atoms with Crippen molar-refractivity contribution in [3.8, 4) is 11.1 Å². The van der Waals surface area contributed by atoms with Gasteiger partial charge in [-0.3, -0.25) is 9.78 Å². The lowest BCUT2D eigenvalue weighted by molar-refractivity contribution is 0.0524. The monoisotopic (exact) mass is 518 g/mol. The summed E-state index contributed by atoms with van der Waals surface area (Å²) in [6.45, 7) is 5.65. The highest BCUT2D eigenvalue weighted by Crippen LogP contribution is 2.55. The molecule has 6 rings (SSSR count). The van der Waals surface area contributed by atoms with Gasteiger partial charge in [0.2, 0.25) is 5.43 Å². The molecule has 1 aliphatic carbocycles. The highest BCUT2D eigenvalue weighted by molar-refractivity contribution is 8.05. The number of ether oxygens (including phenoxy) is 1. The number of aryl methyl sites for hydroxylation is 2. The molecule has 0 unspecified atom stereocenters. The molecule has 0 saturated heterocycles. The molecule has 1 fully saturated rings. The summed E-state index contributed by atoms with van der Waals surface area (Å²) in [6.07, 6.45) is 3.23. The molecule has 0 bridgehead atoms. The number of rotatable bonds is 4. The average Bonchev–Trinajstić information content (AvgIpc) is 3.68. The number of pyridine rings is 2. The molecule has 2 aromatic carbocycles. The van der Waals surface area contributed by atoms with Crippen molar-refractivity contribution in [3.63, 3.8) is 0 Å². The molecule has 0 N–H and O–H groups in total. The molecule has 2 aliphatic rings. The van der Waals surface area contributed by atoms with E-state index in [9.17, 15) is 9.59 Å². The summed E-state index contributed by atoms with van der Waals surface area (Å²) in [7, 11) is 0. The maximum atomic E-state index is 16.8. The third kappa shape index (κ3) is 3.74. The largest absolute Gasteiger partial charge is 0.462 e. The van der Waals surface area contributed by atoms with Crippen molar-refractivity contribution >= 4 is 40.4 Å². The lowest BCUT2D eigenvalue weighted by Crippen LogP contribution is -2.22. The summed E-state index contributed by atoms with van der Waals surface area (Å²) in [6, 6.07) is 11.7. The van der Waals surface area contributed by atoms with Gasteiger partial charge in [-0.05, 0) is 63.4 Å². The van der Waals surface area contributed by atoms with Crippen LogP contribution in [0.5, 0.6) is 0 Å². The zero-order chi connectivity index (χ0) is 25.1. The first-order valence-corrected chi connectivity index (χ1v) is 13.5. The number of esters is 1. The van der Waals surface area contributed by atoms with Crippen LogP contribution in [0.25, 0.3) is 22.0 Å². The summed E-state index contributed by atoms with van der Waals surface area (Å²) in [5, 5.41) is 0.248. The Balaban J connectivity index is 1.76. The number of carbonyl (C=O) groups excluding carboxylic acids is 1. The molecule has 5 nitrogen and oxygen atoms in total. The van der Waals surface area contributed by atoms with E-state index < -0.39 is 17.2 Å². The lowest BCUT2D eigenvalue weighted by Gasteiger charge is -2.25. The zero-order valence-corrected chi connectivity index (χ0v) is 21.7. The van der Waals surface area contributed by atoms with Gasteiger partial charge in [-0.1, -0.05) is 35.7 Å². The van der Waals surface area contributed by atoms with Gasteiger partial charge in [0.1, 0.15) is 5.56 Å². The third-order valence-electron chi connectivity index (χ3n) is 6.40. The summed E-state index contributed by atoms with van der Waals surface area (Å²) in [4.78, 5) is 34.4. The van der Waals surface area contributed by atoms with Gasteiger partial charge in [-0.2, -0.15) is 0 Å². The van der Waals surface area contributed by atoms with Crippen LogP contribution in [0.1, 0.15) is 47.6 Å². The second-order valence-electron chi connectivity index (χ2n) is 9.09. The van der Waals surface area contributed by atoms with Crippen molar-refractivity contribution in [1.82, 2.24) is 9.55 Å². The van der Waals surface area contributed by atoms with E-state index in [0.717, 1.165) is 39.6 Å². The van der Waals surface area contributed by atoms with Gasteiger partial charge in [0.05, 0.1) is 17.5 Å². The number of hydrogen-bond acceptors (Lipinski definition) is 6. The van der Waals surface area contributed by atoms with Crippen molar-refractivity contribution in [2.24, 2.45) is 0 Å². The summed E-state index contributed by atoms with van der Waals surface area (Å²) >= 11 is 2.92. The molecule has 0 atom stereocenters. The Kier molecular flexibility index (Phi) is 5.68. The minimum Gasteiger partial charge on any atom is -0.462 e. The number of hydrogen-bond donors (Lipinski definition) is 0. The van der Waals surface area contributed by atoms with E-state index in [0.29, 0.717) is 15.4 Å². The number of halogens is 1. The van der Waals surface area contributed by atoms with Gasteiger partial charge in [-0.15, -0.1) is 0 Å². The van der Waals surface area contributed by atoms with Crippen LogP contribution in [0.3, 0.4) is 0 Å². The molecule has 0 radical (unpaired) electrons. The molecule has 1 saturated carbocycles. The van der Waals surface area contributed by atoms with Crippen LogP contribution in [0, 0.1) is 19.7 Å². The highest BCUT2D eigenvalue weighted by atomic mass is 32.2. The fraction of sp³-hybridized carbons (Fsp3) is 0.250. The molecular formula is C28H23FN2O3S2. The van der Waals surface area contributed by atoms with Crippen LogP contribution in [-0.2, 0) is 4.74 Å². The molecule has 4 aromatic rings. The van der Waals surface area contributed by atoms with E-state index in [1.165, 1.54) is 29.7 Å². The topological polar surface area (TPSA) is 61.2 Å². The van der Waals surface area contributed by atoms with Gasteiger partial charge in [0, 0.05) is 48.8 Å². The maximum Gasteiger partial charge on any atom is 0.343 e. The summed E-state index contributed by atoms with van der Waals surface area (Å²) in [5.41, 5.74) is 2.50. The first kappa shape index (κ1) is 23.3. The van der Waals surface area contributed by atoms with Gasteiger partial charge in [0.15, 0.2) is 5.82 Å². The van der Waals surface area contributed by atoms with Gasteiger partial charge < -0.3 is 9.30 Å². The lowest BCUT2D eigenvalue weighted by atomic mass is 10.00. The molecule has 0 amide bonds. The Labute approximate surface area is 216 Å². The van der Waals surface area contributed by atoms with Crippen LogP contribution in [0.2, 0.25) is 0 Å². The molecule has 1 aliphatic heterocycles. The second-order valence-corrected chi connectivity index (χ2v) is 11.2. The van der Waals surface area contributed by atoms with E-state index in [-0.39, 0.29) is 29.1 Å². The number of fused-ring (bicyclic) bond motifs is 4. The minimum atomic E-state index is -0.675. The molecule has 8 heteroatoms. The first-order valence-electron chi connectivity index (χ1n) is 11.9. The highest BCUT2D eigenvalue weighted by Gasteiger charge is 2.34. The fourth-order valence-corrected chi connectivity index (χ4v) is 7.34. The number of benzene rings is 2. The Bertz CT molecular complexity index is 1620. The smallest absolute Gasteiger partial charge is 0.343 e. The fourth-order valence-electron chi connectivity index (χ4n) is 4.78. The second kappa shape index (κ2) is 8.78. The van der Waals surface area contributed by atoms with Crippen LogP contribution < -0.4 is 5.43 Å². The van der Waals surface area contributed by atoms with E-state index in [1.54, 1.807) is 11.5 Å². The van der Waals surface area contributed by atoms with Crippen molar-refractivity contribution in [2.45, 2.75) is 59.2 Å². The maximum absolute atomic E-state index is 16.8.